The molecule has 4 rings (SSSR count). The fraction of sp³-hybridized carbons (Fsp3) is 0.333. The van der Waals surface area contributed by atoms with Crippen LogP contribution in [0, 0.1) is 11.6 Å². The summed E-state index contributed by atoms with van der Waals surface area (Å²) < 4.78 is 30.5. The van der Waals surface area contributed by atoms with Gasteiger partial charge in [-0.3, -0.25) is 4.90 Å². The third-order valence-corrected chi connectivity index (χ3v) is 5.64. The molecule has 0 saturated carbocycles. The van der Waals surface area contributed by atoms with Crippen molar-refractivity contribution >= 4 is 0 Å². The van der Waals surface area contributed by atoms with Crippen LogP contribution in [0.1, 0.15) is 54.6 Å². The zero-order chi connectivity index (χ0) is 19.7. The van der Waals surface area contributed by atoms with Gasteiger partial charge in [0.2, 0.25) is 0 Å². The van der Waals surface area contributed by atoms with E-state index in [2.05, 4.69) is 47.6 Å². The number of aromatic nitrogens is 1. The summed E-state index contributed by atoms with van der Waals surface area (Å²) in [6.45, 7) is 6.86. The molecule has 3 aromatic rings. The number of benzene rings is 2. The second kappa shape index (κ2) is 7.88. The van der Waals surface area contributed by atoms with Crippen molar-refractivity contribution in [2.75, 3.05) is 6.54 Å². The Balaban J connectivity index is 1.71. The summed E-state index contributed by atoms with van der Waals surface area (Å²) in [6, 6.07) is 16.4. The zero-order valence-corrected chi connectivity index (χ0v) is 16.4. The molecule has 146 valence electrons. The van der Waals surface area contributed by atoms with Crippen LogP contribution < -0.4 is 0 Å². The van der Waals surface area contributed by atoms with Crippen LogP contribution in [0.2, 0.25) is 0 Å². The molecule has 1 aliphatic heterocycles. The van der Waals surface area contributed by atoms with Crippen molar-refractivity contribution in [2.24, 2.45) is 0 Å². The fourth-order valence-corrected chi connectivity index (χ4v) is 4.13. The molecule has 28 heavy (non-hydrogen) atoms. The van der Waals surface area contributed by atoms with E-state index in [0.717, 1.165) is 37.8 Å². The lowest BCUT2D eigenvalue weighted by Gasteiger charge is -2.31. The third-order valence-electron chi connectivity index (χ3n) is 5.64. The van der Waals surface area contributed by atoms with Crippen LogP contribution >= 0.6 is 0 Å². The summed E-state index contributed by atoms with van der Waals surface area (Å²) in [5.41, 5.74) is 4.11. The molecule has 0 fully saturated rings. The molecule has 0 aliphatic carbocycles. The van der Waals surface area contributed by atoms with Crippen LogP contribution in [0.4, 0.5) is 8.78 Å². The second-order valence-electron chi connectivity index (χ2n) is 7.92. The molecule has 0 saturated heterocycles. The molecule has 2 nitrogen and oxygen atoms in total. The molecule has 2 aromatic carbocycles. The lowest BCUT2D eigenvalue weighted by atomic mass is 9.99. The smallest absolute Gasteiger partial charge is 0.131 e. The topological polar surface area (TPSA) is 8.17 Å². The molecular formula is C24H26F2N2. The summed E-state index contributed by atoms with van der Waals surface area (Å²) in [6.07, 6.45) is 3.04. The van der Waals surface area contributed by atoms with Crippen molar-refractivity contribution in [3.63, 3.8) is 0 Å². The Morgan fingerprint density at radius 3 is 2.50 bits per heavy atom. The van der Waals surface area contributed by atoms with E-state index in [9.17, 15) is 8.78 Å². The highest BCUT2D eigenvalue weighted by Gasteiger charge is 2.29. The SMILES string of the molecule is CC(C)c1ccc(CN2CCCn3cccc3C2c2ccc(F)cc2F)cc1. The second-order valence-corrected chi connectivity index (χ2v) is 7.92. The molecule has 1 unspecified atom stereocenters. The molecule has 0 radical (unpaired) electrons. The Bertz CT molecular complexity index is 943. The van der Waals surface area contributed by atoms with E-state index in [1.165, 1.54) is 17.2 Å². The quantitative estimate of drug-likeness (QED) is 0.548. The van der Waals surface area contributed by atoms with Gasteiger partial charge in [0.1, 0.15) is 11.6 Å². The van der Waals surface area contributed by atoms with Gasteiger partial charge in [-0.1, -0.05) is 44.2 Å². The van der Waals surface area contributed by atoms with Gasteiger partial charge in [0, 0.05) is 43.2 Å². The first-order valence-electron chi connectivity index (χ1n) is 9.96. The van der Waals surface area contributed by atoms with Gasteiger partial charge in [0.15, 0.2) is 0 Å². The van der Waals surface area contributed by atoms with Crippen molar-refractivity contribution in [3.05, 3.63) is 94.8 Å². The maximum Gasteiger partial charge on any atom is 0.131 e. The summed E-state index contributed by atoms with van der Waals surface area (Å²) >= 11 is 0. The Morgan fingerprint density at radius 1 is 1.00 bits per heavy atom. The molecule has 2 heterocycles. The number of hydrogen-bond donors (Lipinski definition) is 0. The molecule has 0 bridgehead atoms. The van der Waals surface area contributed by atoms with Gasteiger partial charge in [0.05, 0.1) is 6.04 Å². The van der Waals surface area contributed by atoms with E-state index in [1.807, 2.05) is 18.3 Å². The van der Waals surface area contributed by atoms with Crippen molar-refractivity contribution in [1.82, 2.24) is 9.47 Å². The Hall–Kier alpha value is -2.46. The first-order valence-corrected chi connectivity index (χ1v) is 9.96. The molecule has 0 amide bonds. The molecule has 1 aromatic heterocycles. The average molecular weight is 380 g/mol. The molecule has 0 spiro atoms. The van der Waals surface area contributed by atoms with Crippen LogP contribution in [0.25, 0.3) is 0 Å². The summed E-state index contributed by atoms with van der Waals surface area (Å²) in [5.74, 6) is -0.530. The Morgan fingerprint density at radius 2 is 1.79 bits per heavy atom. The Labute approximate surface area is 165 Å². The minimum absolute atomic E-state index is 0.233. The largest absolute Gasteiger partial charge is 0.350 e. The standard InChI is InChI=1S/C24H26F2N2/c1-17(2)19-8-6-18(7-9-19)16-28-14-4-13-27-12-3-5-23(27)24(28)21-11-10-20(25)15-22(21)26/h3,5-12,15,17,24H,4,13-14,16H2,1-2H3. The summed E-state index contributed by atoms with van der Waals surface area (Å²) in [4.78, 5) is 2.31. The lowest BCUT2D eigenvalue weighted by molar-refractivity contribution is 0.216. The van der Waals surface area contributed by atoms with E-state index < -0.39 is 11.6 Å². The highest BCUT2D eigenvalue weighted by atomic mass is 19.1. The van der Waals surface area contributed by atoms with Crippen LogP contribution in [0.15, 0.2) is 60.8 Å². The fourth-order valence-electron chi connectivity index (χ4n) is 4.13. The zero-order valence-electron chi connectivity index (χ0n) is 16.4. The highest BCUT2D eigenvalue weighted by Crippen LogP contribution is 2.34. The monoisotopic (exact) mass is 380 g/mol. The minimum atomic E-state index is -0.541. The number of hydrogen-bond acceptors (Lipinski definition) is 1. The molecule has 0 N–H and O–H groups in total. The van der Waals surface area contributed by atoms with E-state index in [-0.39, 0.29) is 6.04 Å². The van der Waals surface area contributed by atoms with Crippen molar-refractivity contribution in [2.45, 2.75) is 45.3 Å². The minimum Gasteiger partial charge on any atom is -0.350 e. The summed E-state index contributed by atoms with van der Waals surface area (Å²) in [5, 5.41) is 0. The van der Waals surface area contributed by atoms with Gasteiger partial charge in [-0.15, -0.1) is 0 Å². The van der Waals surface area contributed by atoms with Crippen LogP contribution in [0.3, 0.4) is 0 Å². The number of nitrogens with zero attached hydrogens (tertiary/aromatic N) is 2. The van der Waals surface area contributed by atoms with Gasteiger partial charge in [-0.05, 0) is 41.7 Å². The maximum atomic E-state index is 14.7. The van der Waals surface area contributed by atoms with Crippen molar-refractivity contribution < 1.29 is 8.78 Å². The number of aryl methyl sites for hydroxylation is 1. The lowest BCUT2D eigenvalue weighted by Crippen LogP contribution is -2.30. The van der Waals surface area contributed by atoms with Crippen LogP contribution in [-0.2, 0) is 13.1 Å². The molecule has 1 atom stereocenters. The predicted octanol–water partition coefficient (Wildman–Crippen LogP) is 5.89. The Kier molecular flexibility index (Phi) is 5.31. The van der Waals surface area contributed by atoms with E-state index in [0.29, 0.717) is 11.5 Å². The third kappa shape index (κ3) is 3.74. The van der Waals surface area contributed by atoms with Gasteiger partial charge in [0.25, 0.3) is 0 Å². The van der Waals surface area contributed by atoms with Crippen LogP contribution in [-0.4, -0.2) is 16.0 Å². The van der Waals surface area contributed by atoms with Gasteiger partial charge in [-0.2, -0.15) is 0 Å². The summed E-state index contributed by atoms with van der Waals surface area (Å²) in [7, 11) is 0. The average Bonchev–Trinajstić information content (AvgIpc) is 3.05. The van der Waals surface area contributed by atoms with E-state index in [4.69, 9.17) is 0 Å². The van der Waals surface area contributed by atoms with E-state index >= 15 is 0 Å². The molecule has 4 heteroatoms. The molecular weight excluding hydrogens is 354 g/mol. The van der Waals surface area contributed by atoms with Gasteiger partial charge in [-0.25, -0.2) is 8.78 Å². The van der Waals surface area contributed by atoms with E-state index in [1.54, 1.807) is 6.07 Å². The first-order chi connectivity index (χ1) is 13.5. The van der Waals surface area contributed by atoms with Gasteiger partial charge >= 0.3 is 0 Å². The maximum absolute atomic E-state index is 14.7. The van der Waals surface area contributed by atoms with Gasteiger partial charge < -0.3 is 4.57 Å². The van der Waals surface area contributed by atoms with Crippen LogP contribution in [0.5, 0.6) is 0 Å². The number of fused-ring (bicyclic) bond motifs is 1. The normalized spacial score (nSPS) is 17.5. The number of rotatable bonds is 4. The molecule has 1 aliphatic rings. The van der Waals surface area contributed by atoms with Crippen molar-refractivity contribution in [1.29, 1.82) is 0 Å². The highest BCUT2D eigenvalue weighted by molar-refractivity contribution is 5.32. The van der Waals surface area contributed by atoms with Crippen molar-refractivity contribution in [3.8, 4) is 0 Å². The predicted molar refractivity (Wildman–Crippen MR) is 108 cm³/mol. The first kappa shape index (κ1) is 18.9. The number of halogens is 2.